The Labute approximate surface area is 126 Å². The van der Waals surface area contributed by atoms with Gasteiger partial charge in [-0.3, -0.25) is 0 Å². The van der Waals surface area contributed by atoms with Crippen molar-refractivity contribution in [2.45, 2.75) is 32.7 Å². The lowest BCUT2D eigenvalue weighted by Gasteiger charge is -2.21. The Balaban J connectivity index is 2.04. The molecule has 0 amide bonds. The Kier molecular flexibility index (Phi) is 5.37. The zero-order valence-electron chi connectivity index (χ0n) is 12.7. The molecule has 0 radical (unpaired) electrons. The SMILES string of the molecule is COCc1cccc(OC(C)C(O)c2ccc(C)cc2)c1. The van der Waals surface area contributed by atoms with Crippen LogP contribution >= 0.6 is 0 Å². The molecule has 112 valence electrons. The summed E-state index contributed by atoms with van der Waals surface area (Å²) in [5, 5.41) is 10.4. The van der Waals surface area contributed by atoms with Gasteiger partial charge < -0.3 is 14.6 Å². The van der Waals surface area contributed by atoms with Crippen LogP contribution in [0.25, 0.3) is 0 Å². The van der Waals surface area contributed by atoms with E-state index in [1.807, 2.05) is 62.4 Å². The van der Waals surface area contributed by atoms with Crippen LogP contribution in [0.15, 0.2) is 48.5 Å². The molecular weight excluding hydrogens is 264 g/mol. The Bertz CT molecular complexity index is 563. The zero-order chi connectivity index (χ0) is 15.2. The Hall–Kier alpha value is -1.84. The van der Waals surface area contributed by atoms with Crippen LogP contribution in [0, 0.1) is 6.92 Å². The van der Waals surface area contributed by atoms with Crippen molar-refractivity contribution in [3.8, 4) is 5.75 Å². The molecule has 21 heavy (non-hydrogen) atoms. The van der Waals surface area contributed by atoms with Gasteiger partial charge in [-0.25, -0.2) is 0 Å². The smallest absolute Gasteiger partial charge is 0.126 e. The molecule has 1 N–H and O–H groups in total. The zero-order valence-corrected chi connectivity index (χ0v) is 12.7. The predicted octanol–water partition coefficient (Wildman–Crippen LogP) is 3.64. The van der Waals surface area contributed by atoms with Crippen LogP contribution < -0.4 is 4.74 Å². The van der Waals surface area contributed by atoms with E-state index in [9.17, 15) is 5.11 Å². The summed E-state index contributed by atoms with van der Waals surface area (Å²) < 4.78 is 11.0. The minimum absolute atomic E-state index is 0.328. The number of hydrogen-bond donors (Lipinski definition) is 1. The van der Waals surface area contributed by atoms with Crippen molar-refractivity contribution in [2.75, 3.05) is 7.11 Å². The van der Waals surface area contributed by atoms with Gasteiger partial charge in [0.2, 0.25) is 0 Å². The van der Waals surface area contributed by atoms with Crippen molar-refractivity contribution in [3.05, 3.63) is 65.2 Å². The van der Waals surface area contributed by atoms with Gasteiger partial charge in [0.1, 0.15) is 18.0 Å². The second-order valence-electron chi connectivity index (χ2n) is 5.26. The van der Waals surface area contributed by atoms with Gasteiger partial charge in [0.05, 0.1) is 6.61 Å². The third-order valence-electron chi connectivity index (χ3n) is 3.39. The fourth-order valence-corrected chi connectivity index (χ4v) is 2.19. The highest BCUT2D eigenvalue weighted by atomic mass is 16.5. The van der Waals surface area contributed by atoms with Crippen molar-refractivity contribution >= 4 is 0 Å². The maximum Gasteiger partial charge on any atom is 0.126 e. The summed E-state index contributed by atoms with van der Waals surface area (Å²) in [6.45, 7) is 4.44. The van der Waals surface area contributed by atoms with Crippen molar-refractivity contribution in [1.82, 2.24) is 0 Å². The standard InChI is InChI=1S/C18H22O3/c1-13-7-9-16(10-8-13)18(19)14(2)21-17-6-4-5-15(11-17)12-20-3/h4-11,14,18-19H,12H2,1-3H3. The van der Waals surface area contributed by atoms with E-state index in [0.29, 0.717) is 6.61 Å². The van der Waals surface area contributed by atoms with Gasteiger partial charge in [-0.2, -0.15) is 0 Å². The van der Waals surface area contributed by atoms with E-state index in [1.165, 1.54) is 5.56 Å². The highest BCUT2D eigenvalue weighted by Crippen LogP contribution is 2.23. The third-order valence-corrected chi connectivity index (χ3v) is 3.39. The topological polar surface area (TPSA) is 38.7 Å². The minimum atomic E-state index is -0.656. The van der Waals surface area contributed by atoms with E-state index >= 15 is 0 Å². The molecule has 2 aromatic rings. The highest BCUT2D eigenvalue weighted by Gasteiger charge is 2.18. The second-order valence-corrected chi connectivity index (χ2v) is 5.26. The monoisotopic (exact) mass is 286 g/mol. The number of hydrogen-bond acceptors (Lipinski definition) is 3. The summed E-state index contributed by atoms with van der Waals surface area (Å²) in [7, 11) is 1.66. The van der Waals surface area contributed by atoms with Crippen molar-refractivity contribution in [2.24, 2.45) is 0 Å². The van der Waals surface area contributed by atoms with Crippen LogP contribution in [0.5, 0.6) is 5.75 Å². The summed E-state index contributed by atoms with van der Waals surface area (Å²) >= 11 is 0. The molecule has 3 heteroatoms. The van der Waals surface area contributed by atoms with E-state index in [1.54, 1.807) is 7.11 Å². The normalized spacial score (nSPS) is 13.7. The van der Waals surface area contributed by atoms with E-state index < -0.39 is 6.10 Å². The molecule has 0 aliphatic rings. The van der Waals surface area contributed by atoms with E-state index in [4.69, 9.17) is 9.47 Å². The molecular formula is C18H22O3. The lowest BCUT2D eigenvalue weighted by molar-refractivity contribution is 0.0466. The quantitative estimate of drug-likeness (QED) is 0.881. The van der Waals surface area contributed by atoms with Gasteiger partial charge in [-0.15, -0.1) is 0 Å². The van der Waals surface area contributed by atoms with Gasteiger partial charge in [0.15, 0.2) is 0 Å². The fraction of sp³-hybridized carbons (Fsp3) is 0.333. The third kappa shape index (κ3) is 4.31. The number of rotatable bonds is 6. The largest absolute Gasteiger partial charge is 0.488 e. The average molecular weight is 286 g/mol. The number of methoxy groups -OCH3 is 1. The molecule has 0 bridgehead atoms. The van der Waals surface area contributed by atoms with Crippen LogP contribution in [0.2, 0.25) is 0 Å². The van der Waals surface area contributed by atoms with Gasteiger partial charge in [0, 0.05) is 7.11 Å². The maximum atomic E-state index is 10.4. The molecule has 0 aromatic heterocycles. The molecule has 0 spiro atoms. The lowest BCUT2D eigenvalue weighted by atomic mass is 10.0. The lowest BCUT2D eigenvalue weighted by Crippen LogP contribution is -2.21. The van der Waals surface area contributed by atoms with E-state index in [-0.39, 0.29) is 6.10 Å². The predicted molar refractivity (Wildman–Crippen MR) is 83.4 cm³/mol. The number of aliphatic hydroxyl groups excluding tert-OH is 1. The number of ether oxygens (including phenoxy) is 2. The van der Waals surface area contributed by atoms with Crippen LogP contribution in [0.3, 0.4) is 0 Å². The van der Waals surface area contributed by atoms with Gasteiger partial charge in [-0.05, 0) is 37.1 Å². The average Bonchev–Trinajstić information content (AvgIpc) is 2.48. The first-order valence-electron chi connectivity index (χ1n) is 7.09. The first-order chi connectivity index (χ1) is 10.1. The summed E-state index contributed by atoms with van der Waals surface area (Å²) in [6.07, 6.45) is -0.984. The molecule has 0 heterocycles. The number of aryl methyl sites for hydroxylation is 1. The molecule has 2 atom stereocenters. The maximum absolute atomic E-state index is 10.4. The summed E-state index contributed by atoms with van der Waals surface area (Å²) in [5.41, 5.74) is 3.08. The Morgan fingerprint density at radius 3 is 2.48 bits per heavy atom. The minimum Gasteiger partial charge on any atom is -0.488 e. The summed E-state index contributed by atoms with van der Waals surface area (Å²) in [4.78, 5) is 0. The molecule has 0 saturated carbocycles. The molecule has 0 aliphatic carbocycles. The molecule has 2 rings (SSSR count). The number of benzene rings is 2. The molecule has 0 saturated heterocycles. The molecule has 3 nitrogen and oxygen atoms in total. The van der Waals surface area contributed by atoms with Gasteiger partial charge in [0.25, 0.3) is 0 Å². The number of aliphatic hydroxyl groups is 1. The Morgan fingerprint density at radius 2 is 1.81 bits per heavy atom. The van der Waals surface area contributed by atoms with Crippen LogP contribution in [-0.4, -0.2) is 18.3 Å². The fourth-order valence-electron chi connectivity index (χ4n) is 2.19. The Morgan fingerprint density at radius 1 is 1.10 bits per heavy atom. The summed E-state index contributed by atoms with van der Waals surface area (Å²) in [6, 6.07) is 15.6. The van der Waals surface area contributed by atoms with Crippen molar-refractivity contribution in [1.29, 1.82) is 0 Å². The van der Waals surface area contributed by atoms with E-state index in [2.05, 4.69) is 0 Å². The molecule has 0 fully saturated rings. The van der Waals surface area contributed by atoms with Crippen LogP contribution in [-0.2, 0) is 11.3 Å². The first-order valence-corrected chi connectivity index (χ1v) is 7.09. The molecule has 2 aromatic carbocycles. The van der Waals surface area contributed by atoms with Crippen LogP contribution in [0.1, 0.15) is 29.7 Å². The highest BCUT2D eigenvalue weighted by molar-refractivity contribution is 5.29. The van der Waals surface area contributed by atoms with Crippen molar-refractivity contribution in [3.63, 3.8) is 0 Å². The summed E-state index contributed by atoms with van der Waals surface area (Å²) in [5.74, 6) is 0.739. The first kappa shape index (κ1) is 15.5. The second kappa shape index (κ2) is 7.25. The van der Waals surface area contributed by atoms with E-state index in [0.717, 1.165) is 16.9 Å². The molecule has 0 aliphatic heterocycles. The van der Waals surface area contributed by atoms with Crippen molar-refractivity contribution < 1.29 is 14.6 Å². The molecule has 2 unspecified atom stereocenters. The van der Waals surface area contributed by atoms with Gasteiger partial charge in [-0.1, -0.05) is 42.0 Å². The van der Waals surface area contributed by atoms with Gasteiger partial charge >= 0.3 is 0 Å². The van der Waals surface area contributed by atoms with Crippen LogP contribution in [0.4, 0.5) is 0 Å².